The second-order valence-electron chi connectivity index (χ2n) is 6.55. The molecule has 1 aromatic rings. The van der Waals surface area contributed by atoms with E-state index in [0.717, 1.165) is 24.4 Å². The van der Waals surface area contributed by atoms with E-state index in [-0.39, 0.29) is 5.91 Å². The van der Waals surface area contributed by atoms with Gasteiger partial charge in [-0.25, -0.2) is 0 Å². The molecule has 0 bridgehead atoms. The Morgan fingerprint density at radius 3 is 2.79 bits per heavy atom. The molecule has 5 heteroatoms. The van der Waals surface area contributed by atoms with E-state index in [9.17, 15) is 4.79 Å². The van der Waals surface area contributed by atoms with Gasteiger partial charge in [-0.05, 0) is 55.5 Å². The summed E-state index contributed by atoms with van der Waals surface area (Å²) in [5.41, 5.74) is 1.08. The van der Waals surface area contributed by atoms with Crippen molar-refractivity contribution in [2.45, 2.75) is 32.7 Å². The van der Waals surface area contributed by atoms with Crippen molar-refractivity contribution in [1.82, 2.24) is 10.6 Å². The van der Waals surface area contributed by atoms with E-state index in [1.54, 1.807) is 7.11 Å². The number of hydrogen-bond donors (Lipinski definition) is 2. The predicted octanol–water partition coefficient (Wildman–Crippen LogP) is 2.35. The summed E-state index contributed by atoms with van der Waals surface area (Å²) < 4.78 is 10.5. The molecule has 2 unspecified atom stereocenters. The lowest BCUT2D eigenvalue weighted by molar-refractivity contribution is -0.122. The van der Waals surface area contributed by atoms with E-state index >= 15 is 0 Å². The van der Waals surface area contributed by atoms with Gasteiger partial charge in [-0.15, -0.1) is 0 Å². The van der Waals surface area contributed by atoms with Crippen LogP contribution in [0.15, 0.2) is 24.3 Å². The van der Waals surface area contributed by atoms with Crippen LogP contribution in [-0.4, -0.2) is 39.3 Å². The van der Waals surface area contributed by atoms with Crippen LogP contribution in [0.1, 0.15) is 31.7 Å². The number of amides is 1. The molecular formula is C19H30N2O3. The molecule has 134 valence electrons. The van der Waals surface area contributed by atoms with Crippen LogP contribution < -0.4 is 15.4 Å². The first-order chi connectivity index (χ1) is 11.7. The fourth-order valence-corrected chi connectivity index (χ4v) is 3.04. The van der Waals surface area contributed by atoms with Gasteiger partial charge in [0.25, 0.3) is 0 Å². The maximum absolute atomic E-state index is 12.1. The van der Waals surface area contributed by atoms with Gasteiger partial charge >= 0.3 is 0 Å². The van der Waals surface area contributed by atoms with Gasteiger partial charge in [-0.2, -0.15) is 0 Å². The van der Waals surface area contributed by atoms with Crippen LogP contribution in [0.3, 0.4) is 0 Å². The van der Waals surface area contributed by atoms with E-state index in [0.29, 0.717) is 38.0 Å². The Labute approximate surface area is 145 Å². The summed E-state index contributed by atoms with van der Waals surface area (Å²) in [4.78, 5) is 12.1. The topological polar surface area (TPSA) is 59.6 Å². The van der Waals surface area contributed by atoms with Gasteiger partial charge in [0.15, 0.2) is 0 Å². The first-order valence-electron chi connectivity index (χ1n) is 8.87. The summed E-state index contributed by atoms with van der Waals surface area (Å²) in [6.07, 6.45) is 3.05. The van der Waals surface area contributed by atoms with Crippen molar-refractivity contribution >= 4 is 5.91 Å². The second-order valence-corrected chi connectivity index (χ2v) is 6.55. The average Bonchev–Trinajstić information content (AvgIpc) is 2.62. The monoisotopic (exact) mass is 334 g/mol. The van der Waals surface area contributed by atoms with E-state index in [2.05, 4.69) is 17.6 Å². The third kappa shape index (κ3) is 6.49. The molecule has 1 aliphatic rings. The number of hydrogen-bond acceptors (Lipinski definition) is 4. The molecule has 1 heterocycles. The van der Waals surface area contributed by atoms with Gasteiger partial charge in [-0.1, -0.05) is 19.1 Å². The molecule has 2 N–H and O–H groups in total. The van der Waals surface area contributed by atoms with Crippen molar-refractivity contribution in [3.63, 3.8) is 0 Å². The number of methoxy groups -OCH3 is 1. The Bertz CT molecular complexity index is 484. The van der Waals surface area contributed by atoms with Gasteiger partial charge in [0.2, 0.25) is 5.91 Å². The maximum Gasteiger partial charge on any atom is 0.220 e. The number of nitrogens with one attached hydrogen (secondary N) is 2. The summed E-state index contributed by atoms with van der Waals surface area (Å²) in [5, 5.41) is 6.44. The molecule has 0 saturated carbocycles. The highest BCUT2D eigenvalue weighted by atomic mass is 16.5. The smallest absolute Gasteiger partial charge is 0.220 e. The lowest BCUT2D eigenvalue weighted by Gasteiger charge is -2.28. The number of carbonyl (C=O) groups is 1. The average molecular weight is 334 g/mol. The van der Waals surface area contributed by atoms with Crippen LogP contribution in [0.4, 0.5) is 0 Å². The van der Waals surface area contributed by atoms with E-state index in [4.69, 9.17) is 9.47 Å². The number of carbonyl (C=O) groups excluding carboxylic acids is 1. The zero-order valence-corrected chi connectivity index (χ0v) is 14.8. The van der Waals surface area contributed by atoms with Crippen LogP contribution in [0, 0.1) is 11.8 Å². The van der Waals surface area contributed by atoms with Crippen molar-refractivity contribution in [1.29, 1.82) is 0 Å². The minimum Gasteiger partial charge on any atom is -0.491 e. The van der Waals surface area contributed by atoms with Crippen LogP contribution in [0.5, 0.6) is 5.75 Å². The summed E-state index contributed by atoms with van der Waals surface area (Å²) in [5.74, 6) is 2.00. The quantitative estimate of drug-likeness (QED) is 0.681. The first kappa shape index (κ1) is 18.7. The number of ether oxygens (including phenoxy) is 2. The Morgan fingerprint density at radius 2 is 2.12 bits per heavy atom. The lowest BCUT2D eigenvalue weighted by atomic mass is 9.85. The molecule has 1 aromatic carbocycles. The first-order valence-corrected chi connectivity index (χ1v) is 8.87. The summed E-state index contributed by atoms with van der Waals surface area (Å²) in [6.45, 7) is 6.02. The second kappa shape index (κ2) is 10.3. The summed E-state index contributed by atoms with van der Waals surface area (Å²) in [6, 6.07) is 7.81. The van der Waals surface area contributed by atoms with Crippen molar-refractivity contribution in [2.24, 2.45) is 11.8 Å². The molecule has 2 atom stereocenters. The molecule has 0 spiro atoms. The third-order valence-corrected chi connectivity index (χ3v) is 4.62. The Balaban J connectivity index is 1.69. The molecule has 1 saturated heterocycles. The molecule has 0 radical (unpaired) electrons. The van der Waals surface area contributed by atoms with Crippen molar-refractivity contribution in [3.8, 4) is 5.75 Å². The van der Waals surface area contributed by atoms with E-state index < -0.39 is 0 Å². The van der Waals surface area contributed by atoms with Gasteiger partial charge < -0.3 is 20.1 Å². The Kier molecular flexibility index (Phi) is 8.05. The minimum absolute atomic E-state index is 0.133. The Hall–Kier alpha value is -1.59. The van der Waals surface area contributed by atoms with E-state index in [1.165, 1.54) is 12.8 Å². The normalized spacial score (nSPS) is 18.8. The number of benzene rings is 1. The fraction of sp³-hybridized carbons (Fsp3) is 0.632. The highest BCUT2D eigenvalue weighted by Gasteiger charge is 2.21. The van der Waals surface area contributed by atoms with Crippen molar-refractivity contribution in [3.05, 3.63) is 29.8 Å². The molecule has 1 fully saturated rings. The predicted molar refractivity (Wildman–Crippen MR) is 95.0 cm³/mol. The molecule has 1 amide bonds. The van der Waals surface area contributed by atoms with Crippen molar-refractivity contribution < 1.29 is 14.3 Å². The molecule has 2 rings (SSSR count). The summed E-state index contributed by atoms with van der Waals surface area (Å²) in [7, 11) is 1.65. The molecule has 5 nitrogen and oxygen atoms in total. The SMILES string of the molecule is COCCOc1ccc(CNC(=O)CC(C)C2CCCNC2)cc1. The van der Waals surface area contributed by atoms with Crippen LogP contribution in [-0.2, 0) is 16.1 Å². The van der Waals surface area contributed by atoms with Gasteiger partial charge in [0, 0.05) is 20.1 Å². The Morgan fingerprint density at radius 1 is 1.33 bits per heavy atom. The third-order valence-electron chi connectivity index (χ3n) is 4.62. The van der Waals surface area contributed by atoms with Crippen LogP contribution >= 0.6 is 0 Å². The van der Waals surface area contributed by atoms with Gasteiger partial charge in [0.1, 0.15) is 12.4 Å². The van der Waals surface area contributed by atoms with Gasteiger partial charge in [-0.3, -0.25) is 4.79 Å². The van der Waals surface area contributed by atoms with Crippen LogP contribution in [0.25, 0.3) is 0 Å². The maximum atomic E-state index is 12.1. The zero-order chi connectivity index (χ0) is 17.2. The molecule has 1 aliphatic heterocycles. The van der Waals surface area contributed by atoms with Gasteiger partial charge in [0.05, 0.1) is 6.61 Å². The highest BCUT2D eigenvalue weighted by molar-refractivity contribution is 5.76. The number of piperidine rings is 1. The molecule has 0 aromatic heterocycles. The van der Waals surface area contributed by atoms with E-state index in [1.807, 2.05) is 24.3 Å². The largest absolute Gasteiger partial charge is 0.491 e. The minimum atomic E-state index is 0.133. The fourth-order valence-electron chi connectivity index (χ4n) is 3.04. The molecule has 24 heavy (non-hydrogen) atoms. The molecule has 0 aliphatic carbocycles. The number of rotatable bonds is 9. The zero-order valence-electron chi connectivity index (χ0n) is 14.8. The van der Waals surface area contributed by atoms with Crippen molar-refractivity contribution in [2.75, 3.05) is 33.4 Å². The summed E-state index contributed by atoms with van der Waals surface area (Å²) >= 11 is 0. The highest BCUT2D eigenvalue weighted by Crippen LogP contribution is 2.22. The standard InChI is InChI=1S/C19H30N2O3/c1-15(17-4-3-9-20-14-17)12-19(22)21-13-16-5-7-18(8-6-16)24-11-10-23-2/h5-8,15,17,20H,3-4,9-14H2,1-2H3,(H,21,22). The van der Waals surface area contributed by atoms with Crippen LogP contribution in [0.2, 0.25) is 0 Å². The molecular weight excluding hydrogens is 304 g/mol. The lowest BCUT2D eigenvalue weighted by Crippen LogP contribution is -2.35.